The van der Waals surface area contributed by atoms with Crippen molar-refractivity contribution in [1.82, 2.24) is 10.1 Å². The number of hydrogen-bond donors (Lipinski definition) is 0. The van der Waals surface area contributed by atoms with Gasteiger partial charge in [0.1, 0.15) is 24.0 Å². The number of carbonyl (C=O) groups excluding carboxylic acids is 1. The topological polar surface area (TPSA) is 83.7 Å². The number of carbonyl (C=O) groups is 1. The van der Waals surface area contributed by atoms with Gasteiger partial charge in [0, 0.05) is 11.1 Å². The van der Waals surface area contributed by atoms with Gasteiger partial charge in [-0.1, -0.05) is 23.4 Å². The molecule has 1 aliphatic heterocycles. The fourth-order valence-electron chi connectivity index (χ4n) is 2.76. The third kappa shape index (κ3) is 3.11. The molecule has 0 N–H and O–H groups in total. The second-order valence-corrected chi connectivity index (χ2v) is 5.75. The summed E-state index contributed by atoms with van der Waals surface area (Å²) in [6, 6.07) is 14.7. The third-order valence-electron chi connectivity index (χ3n) is 4.13. The Morgan fingerprint density at radius 1 is 1.19 bits per heavy atom. The molecule has 0 aliphatic carbocycles. The van der Waals surface area contributed by atoms with Crippen LogP contribution in [0.4, 0.5) is 0 Å². The van der Waals surface area contributed by atoms with Gasteiger partial charge in [0.2, 0.25) is 5.82 Å². The van der Waals surface area contributed by atoms with Gasteiger partial charge < -0.3 is 18.7 Å². The van der Waals surface area contributed by atoms with Crippen molar-refractivity contribution in [2.24, 2.45) is 0 Å². The first-order valence-electron chi connectivity index (χ1n) is 8.10. The summed E-state index contributed by atoms with van der Waals surface area (Å²) in [6.45, 7) is 0.221. The van der Waals surface area contributed by atoms with E-state index in [1.54, 1.807) is 19.2 Å². The summed E-state index contributed by atoms with van der Waals surface area (Å²) >= 11 is 0. The third-order valence-corrected chi connectivity index (χ3v) is 4.13. The molecule has 1 aliphatic rings. The quantitative estimate of drug-likeness (QED) is 0.653. The van der Waals surface area contributed by atoms with Gasteiger partial charge in [-0.05, 0) is 30.3 Å². The van der Waals surface area contributed by atoms with Crippen LogP contribution in [0.2, 0.25) is 0 Å². The zero-order valence-corrected chi connectivity index (χ0v) is 14.0. The molecule has 3 aromatic rings. The molecule has 1 atom stereocenters. The van der Waals surface area contributed by atoms with Crippen molar-refractivity contribution in [3.8, 4) is 23.0 Å². The maximum Gasteiger partial charge on any atom is 0.317 e. The average molecular weight is 352 g/mol. The second kappa shape index (κ2) is 6.87. The molecule has 2 aromatic carbocycles. The fourth-order valence-corrected chi connectivity index (χ4v) is 2.76. The molecule has 0 fully saturated rings. The average Bonchev–Trinajstić information content (AvgIpc) is 3.33. The van der Waals surface area contributed by atoms with Gasteiger partial charge in [-0.2, -0.15) is 4.98 Å². The van der Waals surface area contributed by atoms with Crippen LogP contribution >= 0.6 is 0 Å². The van der Waals surface area contributed by atoms with Crippen molar-refractivity contribution in [2.45, 2.75) is 12.5 Å². The molecule has 2 heterocycles. The summed E-state index contributed by atoms with van der Waals surface area (Å²) in [4.78, 5) is 16.6. The molecule has 4 rings (SSSR count). The standard InChI is InChI=1S/C19H16N2O5/c1-23-13-8-6-12(7-9-13)18-20-17(21-26-18)11-25-19(22)15-10-24-16-5-3-2-4-14(15)16/h2-9,15H,10-11H2,1H3. The van der Waals surface area contributed by atoms with Crippen LogP contribution in [0, 0.1) is 0 Å². The number of benzene rings is 2. The van der Waals surface area contributed by atoms with Crippen LogP contribution in [-0.4, -0.2) is 29.8 Å². The van der Waals surface area contributed by atoms with Crippen molar-refractivity contribution in [3.05, 3.63) is 59.9 Å². The van der Waals surface area contributed by atoms with Gasteiger partial charge in [0.05, 0.1) is 7.11 Å². The predicted octanol–water partition coefficient (Wildman–Crippen LogP) is 2.96. The van der Waals surface area contributed by atoms with Crippen molar-refractivity contribution < 1.29 is 23.5 Å². The molecular formula is C19H16N2O5. The number of esters is 1. The minimum Gasteiger partial charge on any atom is -0.497 e. The van der Waals surface area contributed by atoms with Gasteiger partial charge in [-0.3, -0.25) is 4.79 Å². The van der Waals surface area contributed by atoms with Crippen molar-refractivity contribution in [1.29, 1.82) is 0 Å². The highest BCUT2D eigenvalue weighted by atomic mass is 16.5. The Morgan fingerprint density at radius 2 is 2.00 bits per heavy atom. The van der Waals surface area contributed by atoms with E-state index in [0.717, 1.165) is 22.6 Å². The highest BCUT2D eigenvalue weighted by Gasteiger charge is 2.31. The van der Waals surface area contributed by atoms with Crippen LogP contribution in [0.15, 0.2) is 53.1 Å². The number of rotatable bonds is 5. The first-order chi connectivity index (χ1) is 12.7. The zero-order valence-electron chi connectivity index (χ0n) is 14.0. The molecule has 0 saturated heterocycles. The summed E-state index contributed by atoms with van der Waals surface area (Å²) in [5.74, 6) is 1.31. The lowest BCUT2D eigenvalue weighted by atomic mass is 10.0. The van der Waals surface area contributed by atoms with E-state index >= 15 is 0 Å². The molecule has 7 heteroatoms. The van der Waals surface area contributed by atoms with E-state index in [2.05, 4.69) is 10.1 Å². The SMILES string of the molecule is COc1ccc(-c2nc(COC(=O)C3COc4ccccc43)no2)cc1. The molecule has 0 amide bonds. The molecule has 132 valence electrons. The Labute approximate surface area is 149 Å². The van der Waals surface area contributed by atoms with Crippen molar-refractivity contribution >= 4 is 5.97 Å². The molecule has 0 bridgehead atoms. The number of methoxy groups -OCH3 is 1. The lowest BCUT2D eigenvalue weighted by Crippen LogP contribution is -2.17. The number of fused-ring (bicyclic) bond motifs is 1. The first-order valence-corrected chi connectivity index (χ1v) is 8.10. The van der Waals surface area contributed by atoms with E-state index in [0.29, 0.717) is 11.7 Å². The van der Waals surface area contributed by atoms with Crippen LogP contribution in [0.3, 0.4) is 0 Å². The predicted molar refractivity (Wildman–Crippen MR) is 90.8 cm³/mol. The molecule has 0 radical (unpaired) electrons. The molecule has 0 spiro atoms. The zero-order chi connectivity index (χ0) is 17.9. The van der Waals surface area contributed by atoms with Gasteiger partial charge >= 0.3 is 5.97 Å². The number of ether oxygens (including phenoxy) is 3. The Hall–Kier alpha value is -3.35. The molecule has 26 heavy (non-hydrogen) atoms. The van der Waals surface area contributed by atoms with Crippen molar-refractivity contribution in [2.75, 3.05) is 13.7 Å². The molecule has 0 saturated carbocycles. The van der Waals surface area contributed by atoms with Gasteiger partial charge in [0.25, 0.3) is 5.89 Å². The monoisotopic (exact) mass is 352 g/mol. The Balaban J connectivity index is 1.39. The van der Waals surface area contributed by atoms with E-state index < -0.39 is 5.92 Å². The molecule has 1 aromatic heterocycles. The highest BCUT2D eigenvalue weighted by molar-refractivity contribution is 5.80. The number of para-hydroxylation sites is 1. The normalized spacial score (nSPS) is 15.2. The summed E-state index contributed by atoms with van der Waals surface area (Å²) in [7, 11) is 1.60. The van der Waals surface area contributed by atoms with E-state index in [1.165, 1.54) is 0 Å². The lowest BCUT2D eigenvalue weighted by Gasteiger charge is -2.07. The van der Waals surface area contributed by atoms with E-state index in [4.69, 9.17) is 18.7 Å². The molecule has 7 nitrogen and oxygen atoms in total. The molecular weight excluding hydrogens is 336 g/mol. The van der Waals surface area contributed by atoms with E-state index in [-0.39, 0.29) is 19.2 Å². The number of aromatic nitrogens is 2. The summed E-state index contributed by atoms with van der Waals surface area (Å²) in [5, 5.41) is 3.85. The van der Waals surface area contributed by atoms with Crippen LogP contribution in [-0.2, 0) is 16.1 Å². The van der Waals surface area contributed by atoms with Crippen LogP contribution in [0.5, 0.6) is 11.5 Å². The van der Waals surface area contributed by atoms with Crippen molar-refractivity contribution in [3.63, 3.8) is 0 Å². The number of hydrogen-bond acceptors (Lipinski definition) is 7. The maximum absolute atomic E-state index is 12.3. The first kappa shape index (κ1) is 16.1. The minimum absolute atomic E-state index is 0.0584. The second-order valence-electron chi connectivity index (χ2n) is 5.75. The Morgan fingerprint density at radius 3 is 2.81 bits per heavy atom. The van der Waals surface area contributed by atoms with Crippen LogP contribution in [0.1, 0.15) is 17.3 Å². The summed E-state index contributed by atoms with van der Waals surface area (Å²) in [6.07, 6.45) is 0. The van der Waals surface area contributed by atoms with Gasteiger partial charge in [-0.25, -0.2) is 0 Å². The minimum atomic E-state index is -0.431. The van der Waals surface area contributed by atoms with Gasteiger partial charge in [0.15, 0.2) is 6.61 Å². The summed E-state index contributed by atoms with van der Waals surface area (Å²) in [5.41, 5.74) is 1.60. The van der Waals surface area contributed by atoms with E-state index in [1.807, 2.05) is 36.4 Å². The Kier molecular flexibility index (Phi) is 4.27. The molecule has 1 unspecified atom stereocenters. The lowest BCUT2D eigenvalue weighted by molar-refractivity contribution is -0.147. The summed E-state index contributed by atoms with van der Waals surface area (Å²) < 4.78 is 21.2. The maximum atomic E-state index is 12.3. The highest BCUT2D eigenvalue weighted by Crippen LogP contribution is 2.34. The fraction of sp³-hybridized carbons (Fsp3) is 0.211. The largest absolute Gasteiger partial charge is 0.497 e. The van der Waals surface area contributed by atoms with E-state index in [9.17, 15) is 4.79 Å². The Bertz CT molecular complexity index is 920. The number of nitrogens with zero attached hydrogens (tertiary/aromatic N) is 2. The van der Waals surface area contributed by atoms with Gasteiger partial charge in [-0.15, -0.1) is 0 Å². The smallest absolute Gasteiger partial charge is 0.317 e. The van der Waals surface area contributed by atoms with Crippen LogP contribution in [0.25, 0.3) is 11.5 Å². The van der Waals surface area contributed by atoms with Crippen LogP contribution < -0.4 is 9.47 Å².